The molecule has 0 amide bonds. The molecule has 30 heavy (non-hydrogen) atoms. The van der Waals surface area contributed by atoms with Crippen molar-refractivity contribution >= 4 is 17.5 Å². The molecule has 0 radical (unpaired) electrons. The standard InChI is InChI=1S/C22H24N2O6/c1-13-8-18(15(3)24(13)17-5-6-17)19(25)10-27-22(26)11-30-23-14(2)16-4-7-20-21(9-16)29-12-28-20/h4,7-9,17H,5-6,10-12H2,1-3H3/b23-14+. The van der Waals surface area contributed by atoms with E-state index in [-0.39, 0.29) is 25.8 Å². The van der Waals surface area contributed by atoms with Gasteiger partial charge in [0.25, 0.3) is 0 Å². The van der Waals surface area contributed by atoms with Crippen molar-refractivity contribution < 1.29 is 28.6 Å². The number of hydrogen-bond donors (Lipinski definition) is 0. The van der Waals surface area contributed by atoms with Gasteiger partial charge in [0.1, 0.15) is 0 Å². The second kappa shape index (κ2) is 8.22. The van der Waals surface area contributed by atoms with Gasteiger partial charge in [-0.1, -0.05) is 5.16 Å². The molecule has 1 saturated carbocycles. The molecule has 1 aromatic heterocycles. The van der Waals surface area contributed by atoms with E-state index in [1.807, 2.05) is 26.0 Å². The van der Waals surface area contributed by atoms with E-state index >= 15 is 0 Å². The van der Waals surface area contributed by atoms with E-state index in [1.165, 1.54) is 0 Å². The number of rotatable bonds is 8. The third kappa shape index (κ3) is 4.17. The lowest BCUT2D eigenvalue weighted by Crippen LogP contribution is -2.18. The van der Waals surface area contributed by atoms with Crippen LogP contribution in [0.1, 0.15) is 53.1 Å². The molecule has 158 valence electrons. The van der Waals surface area contributed by atoms with Crippen molar-refractivity contribution in [2.75, 3.05) is 20.0 Å². The molecule has 0 saturated heterocycles. The van der Waals surface area contributed by atoms with Crippen molar-refractivity contribution in [2.24, 2.45) is 5.16 Å². The first kappa shape index (κ1) is 20.0. The van der Waals surface area contributed by atoms with Gasteiger partial charge in [0.15, 0.2) is 18.1 Å². The van der Waals surface area contributed by atoms with Crippen LogP contribution < -0.4 is 9.47 Å². The van der Waals surface area contributed by atoms with Crippen molar-refractivity contribution in [3.05, 3.63) is 46.8 Å². The highest BCUT2D eigenvalue weighted by molar-refractivity contribution is 5.99. The van der Waals surface area contributed by atoms with E-state index < -0.39 is 5.97 Å². The first-order valence-corrected chi connectivity index (χ1v) is 9.88. The summed E-state index contributed by atoms with van der Waals surface area (Å²) in [5, 5.41) is 3.93. The zero-order chi connectivity index (χ0) is 21.3. The summed E-state index contributed by atoms with van der Waals surface area (Å²) in [6, 6.07) is 7.76. The number of benzene rings is 1. The lowest BCUT2D eigenvalue weighted by Gasteiger charge is -2.08. The molecule has 0 atom stereocenters. The molecule has 8 nitrogen and oxygen atoms in total. The molecule has 0 N–H and O–H groups in total. The molecule has 0 spiro atoms. The minimum absolute atomic E-state index is 0.195. The summed E-state index contributed by atoms with van der Waals surface area (Å²) in [5.74, 6) is 0.449. The van der Waals surface area contributed by atoms with Crippen LogP contribution in [0.5, 0.6) is 11.5 Å². The SMILES string of the molecule is C/C(=N\OCC(=O)OCC(=O)c1cc(C)n(C2CC2)c1C)c1ccc2c(c1)OCO2. The molecule has 1 fully saturated rings. The zero-order valence-corrected chi connectivity index (χ0v) is 17.3. The number of aromatic nitrogens is 1. The van der Waals surface area contributed by atoms with Gasteiger partial charge in [0.2, 0.25) is 19.2 Å². The van der Waals surface area contributed by atoms with Gasteiger partial charge in [0.05, 0.1) is 5.71 Å². The Hall–Kier alpha value is -3.29. The lowest BCUT2D eigenvalue weighted by atomic mass is 10.1. The van der Waals surface area contributed by atoms with Crippen LogP contribution in [0.4, 0.5) is 0 Å². The summed E-state index contributed by atoms with van der Waals surface area (Å²) in [6.45, 7) is 5.17. The smallest absolute Gasteiger partial charge is 0.347 e. The minimum Gasteiger partial charge on any atom is -0.455 e. The molecular weight excluding hydrogens is 388 g/mol. The first-order chi connectivity index (χ1) is 14.4. The quantitative estimate of drug-likeness (QED) is 0.286. The Labute approximate surface area is 174 Å². The number of ether oxygens (including phenoxy) is 3. The topological polar surface area (TPSA) is 88.4 Å². The summed E-state index contributed by atoms with van der Waals surface area (Å²) in [6.07, 6.45) is 2.28. The normalized spacial score (nSPS) is 15.2. The molecule has 2 aromatic rings. The van der Waals surface area contributed by atoms with Gasteiger partial charge in [-0.05, 0) is 57.9 Å². The number of fused-ring (bicyclic) bond motifs is 1. The van der Waals surface area contributed by atoms with Crippen molar-refractivity contribution in [3.8, 4) is 11.5 Å². The number of carbonyl (C=O) groups excluding carboxylic acids is 2. The van der Waals surface area contributed by atoms with Crippen molar-refractivity contribution in [2.45, 2.75) is 39.7 Å². The molecule has 1 aliphatic heterocycles. The van der Waals surface area contributed by atoms with E-state index in [1.54, 1.807) is 19.1 Å². The van der Waals surface area contributed by atoms with Gasteiger partial charge in [-0.3, -0.25) is 4.79 Å². The number of ketones is 1. The van der Waals surface area contributed by atoms with Crippen LogP contribution in [0.25, 0.3) is 0 Å². The number of Topliss-reactive ketones (excluding diaryl/α,β-unsaturated/α-hetero) is 1. The van der Waals surface area contributed by atoms with Crippen molar-refractivity contribution in [3.63, 3.8) is 0 Å². The Balaban J connectivity index is 1.26. The highest BCUT2D eigenvalue weighted by atomic mass is 16.7. The Morgan fingerprint density at radius 3 is 2.67 bits per heavy atom. The predicted molar refractivity (Wildman–Crippen MR) is 108 cm³/mol. The average Bonchev–Trinajstić information content (AvgIpc) is 3.36. The van der Waals surface area contributed by atoms with Gasteiger partial charge in [-0.15, -0.1) is 0 Å². The molecule has 0 unspecified atom stereocenters. The fourth-order valence-corrected chi connectivity index (χ4v) is 3.58. The highest BCUT2D eigenvalue weighted by Gasteiger charge is 2.28. The summed E-state index contributed by atoms with van der Waals surface area (Å²) in [5.41, 5.74) is 3.95. The second-order valence-electron chi connectivity index (χ2n) is 7.49. The fraction of sp³-hybridized carbons (Fsp3) is 0.409. The Morgan fingerprint density at radius 2 is 1.90 bits per heavy atom. The summed E-state index contributed by atoms with van der Waals surface area (Å²) >= 11 is 0. The first-order valence-electron chi connectivity index (χ1n) is 9.88. The maximum atomic E-state index is 12.5. The monoisotopic (exact) mass is 412 g/mol. The van der Waals surface area contributed by atoms with E-state index in [0.717, 1.165) is 29.8 Å². The van der Waals surface area contributed by atoms with Gasteiger partial charge in [-0.25, -0.2) is 4.79 Å². The van der Waals surface area contributed by atoms with Crippen molar-refractivity contribution in [1.82, 2.24) is 4.57 Å². The maximum Gasteiger partial charge on any atom is 0.347 e. The van der Waals surface area contributed by atoms with Crippen LogP contribution in [-0.4, -0.2) is 42.0 Å². The number of hydrogen-bond acceptors (Lipinski definition) is 7. The van der Waals surface area contributed by atoms with Crippen molar-refractivity contribution in [1.29, 1.82) is 0 Å². The molecular formula is C22H24N2O6. The maximum absolute atomic E-state index is 12.5. The Morgan fingerprint density at radius 1 is 1.13 bits per heavy atom. The van der Waals surface area contributed by atoms with E-state index in [2.05, 4.69) is 9.72 Å². The van der Waals surface area contributed by atoms with Crippen LogP contribution in [-0.2, 0) is 14.4 Å². The molecule has 1 aromatic carbocycles. The number of oxime groups is 1. The third-order valence-corrected chi connectivity index (χ3v) is 5.24. The third-order valence-electron chi connectivity index (χ3n) is 5.24. The van der Waals surface area contributed by atoms with Gasteiger partial charge in [0, 0.05) is 28.6 Å². The van der Waals surface area contributed by atoms with Crippen LogP contribution >= 0.6 is 0 Å². The average molecular weight is 412 g/mol. The summed E-state index contributed by atoms with van der Waals surface area (Å²) in [4.78, 5) is 29.5. The van der Waals surface area contributed by atoms with Crippen LogP contribution in [0.2, 0.25) is 0 Å². The molecule has 2 aliphatic rings. The molecule has 0 bridgehead atoms. The summed E-state index contributed by atoms with van der Waals surface area (Å²) < 4.78 is 17.8. The van der Waals surface area contributed by atoms with E-state index in [0.29, 0.717) is 28.8 Å². The largest absolute Gasteiger partial charge is 0.455 e. The van der Waals surface area contributed by atoms with Gasteiger partial charge < -0.3 is 23.6 Å². The number of carbonyl (C=O) groups is 2. The number of esters is 1. The minimum atomic E-state index is -0.651. The molecule has 4 rings (SSSR count). The van der Waals surface area contributed by atoms with E-state index in [9.17, 15) is 9.59 Å². The zero-order valence-electron chi connectivity index (χ0n) is 17.3. The Kier molecular flexibility index (Phi) is 5.48. The van der Waals surface area contributed by atoms with E-state index in [4.69, 9.17) is 19.0 Å². The van der Waals surface area contributed by atoms with Crippen LogP contribution in [0.15, 0.2) is 29.4 Å². The van der Waals surface area contributed by atoms with Gasteiger partial charge in [-0.2, -0.15) is 0 Å². The molecule has 2 heterocycles. The summed E-state index contributed by atoms with van der Waals surface area (Å²) in [7, 11) is 0. The second-order valence-corrected chi connectivity index (χ2v) is 7.49. The van der Waals surface area contributed by atoms with Crippen LogP contribution in [0, 0.1) is 13.8 Å². The van der Waals surface area contributed by atoms with Crippen LogP contribution in [0.3, 0.4) is 0 Å². The van der Waals surface area contributed by atoms with Gasteiger partial charge >= 0.3 is 5.97 Å². The lowest BCUT2D eigenvalue weighted by molar-refractivity contribution is -0.147. The number of nitrogens with zero attached hydrogens (tertiary/aromatic N) is 2. The molecule has 8 heteroatoms. The fourth-order valence-electron chi connectivity index (χ4n) is 3.58. The molecule has 1 aliphatic carbocycles. The Bertz CT molecular complexity index is 1020. The predicted octanol–water partition coefficient (Wildman–Crippen LogP) is 3.34. The highest BCUT2D eigenvalue weighted by Crippen LogP contribution is 2.38. The number of aryl methyl sites for hydroxylation is 1.